The van der Waals surface area contributed by atoms with Crippen LogP contribution in [0.5, 0.6) is 0 Å². The average Bonchev–Trinajstić information content (AvgIpc) is 3.03. The molecule has 21 heavy (non-hydrogen) atoms. The summed E-state index contributed by atoms with van der Waals surface area (Å²) in [4.78, 5) is 17.7. The van der Waals surface area contributed by atoms with Crippen LogP contribution in [0.2, 0.25) is 0 Å². The molecule has 0 aliphatic carbocycles. The molecular weight excluding hydrogens is 286 g/mol. The lowest BCUT2D eigenvalue weighted by atomic mass is 10.2. The summed E-state index contributed by atoms with van der Waals surface area (Å²) in [7, 11) is 1.87. The van der Waals surface area contributed by atoms with E-state index >= 15 is 0 Å². The number of nitrogens with one attached hydrogen (secondary N) is 1. The molecule has 0 spiro atoms. The van der Waals surface area contributed by atoms with Crippen LogP contribution in [0, 0.1) is 0 Å². The normalized spacial score (nSPS) is 10.9. The molecule has 1 amide bonds. The Morgan fingerprint density at radius 3 is 3.05 bits per heavy atom. The van der Waals surface area contributed by atoms with Gasteiger partial charge in [0.05, 0.1) is 11.4 Å². The van der Waals surface area contributed by atoms with Gasteiger partial charge in [0.15, 0.2) is 0 Å². The molecule has 0 unspecified atom stereocenters. The summed E-state index contributed by atoms with van der Waals surface area (Å²) in [6.45, 7) is 0.525. The molecule has 0 aliphatic heterocycles. The second-order valence-electron chi connectivity index (χ2n) is 4.69. The van der Waals surface area contributed by atoms with Crippen LogP contribution in [-0.2, 0) is 13.5 Å². The monoisotopic (exact) mass is 301 g/mol. The highest BCUT2D eigenvalue weighted by atomic mass is 32.1. The molecule has 0 atom stereocenters. The summed E-state index contributed by atoms with van der Waals surface area (Å²) in [6.07, 6.45) is 4.27. The Hall–Kier alpha value is -2.41. The first kappa shape index (κ1) is 13.6. The van der Waals surface area contributed by atoms with Crippen molar-refractivity contribution in [2.75, 3.05) is 12.3 Å². The number of aryl methyl sites for hydroxylation is 1. The van der Waals surface area contributed by atoms with E-state index in [0.29, 0.717) is 23.5 Å². The topological polar surface area (TPSA) is 85.8 Å². The fourth-order valence-electron chi connectivity index (χ4n) is 2.10. The molecule has 7 heteroatoms. The molecule has 0 saturated carbocycles. The predicted molar refractivity (Wildman–Crippen MR) is 83.3 cm³/mol. The lowest BCUT2D eigenvalue weighted by molar-refractivity contribution is 0.0959. The Bertz CT molecular complexity index is 792. The van der Waals surface area contributed by atoms with Crippen molar-refractivity contribution in [3.63, 3.8) is 0 Å². The number of anilines is 1. The first-order valence-corrected chi connectivity index (χ1v) is 7.36. The van der Waals surface area contributed by atoms with Crippen LogP contribution in [0.25, 0.3) is 10.2 Å². The van der Waals surface area contributed by atoms with E-state index in [-0.39, 0.29) is 5.91 Å². The predicted octanol–water partition coefficient (Wildman–Crippen LogP) is 1.58. The smallest absolute Gasteiger partial charge is 0.263 e. The molecule has 0 saturated heterocycles. The number of hydrogen-bond acceptors (Lipinski definition) is 5. The molecule has 0 aliphatic rings. The third kappa shape index (κ3) is 2.73. The number of carbonyl (C=O) groups is 1. The first-order chi connectivity index (χ1) is 10.1. The minimum absolute atomic E-state index is 0.161. The number of nitrogen functional groups attached to an aromatic ring is 1. The van der Waals surface area contributed by atoms with Gasteiger partial charge in [0, 0.05) is 37.8 Å². The number of pyridine rings is 1. The zero-order valence-electron chi connectivity index (χ0n) is 11.5. The molecule has 3 N–H and O–H groups in total. The maximum absolute atomic E-state index is 12.2. The van der Waals surface area contributed by atoms with Gasteiger partial charge in [-0.3, -0.25) is 9.48 Å². The Balaban J connectivity index is 1.68. The van der Waals surface area contributed by atoms with E-state index in [4.69, 9.17) is 5.73 Å². The molecule has 0 bridgehead atoms. The van der Waals surface area contributed by atoms with Crippen LogP contribution in [-0.4, -0.2) is 27.2 Å². The molecular formula is C14H15N5OS. The quantitative estimate of drug-likeness (QED) is 0.766. The Kier molecular flexibility index (Phi) is 3.57. The number of nitrogens with zero attached hydrogens (tertiary/aromatic N) is 3. The maximum Gasteiger partial charge on any atom is 0.263 e. The average molecular weight is 301 g/mol. The standard InChI is InChI=1S/C14H15N5OS/c1-19-8-5-9(18-19)4-7-16-13(20)12-11(15)10-3-2-6-17-14(10)21-12/h2-3,5-6,8H,4,7,15H2,1H3,(H,16,20). The highest BCUT2D eigenvalue weighted by Gasteiger charge is 2.16. The van der Waals surface area contributed by atoms with Gasteiger partial charge < -0.3 is 11.1 Å². The number of aromatic nitrogens is 3. The number of nitrogens with two attached hydrogens (primary N) is 1. The van der Waals surface area contributed by atoms with Crippen molar-refractivity contribution in [2.45, 2.75) is 6.42 Å². The van der Waals surface area contributed by atoms with E-state index < -0.39 is 0 Å². The van der Waals surface area contributed by atoms with Gasteiger partial charge in [0.25, 0.3) is 5.91 Å². The van der Waals surface area contributed by atoms with E-state index in [1.165, 1.54) is 11.3 Å². The van der Waals surface area contributed by atoms with Crippen molar-refractivity contribution < 1.29 is 4.79 Å². The van der Waals surface area contributed by atoms with E-state index in [0.717, 1.165) is 15.9 Å². The Morgan fingerprint density at radius 2 is 2.33 bits per heavy atom. The van der Waals surface area contributed by atoms with Gasteiger partial charge in [0.1, 0.15) is 9.71 Å². The van der Waals surface area contributed by atoms with Gasteiger partial charge in [-0.25, -0.2) is 4.98 Å². The van der Waals surface area contributed by atoms with Crippen LogP contribution >= 0.6 is 11.3 Å². The van der Waals surface area contributed by atoms with Gasteiger partial charge in [-0.15, -0.1) is 11.3 Å². The zero-order valence-corrected chi connectivity index (χ0v) is 12.4. The highest BCUT2D eigenvalue weighted by molar-refractivity contribution is 7.21. The zero-order chi connectivity index (χ0) is 14.8. The van der Waals surface area contributed by atoms with Gasteiger partial charge in [-0.1, -0.05) is 0 Å². The first-order valence-electron chi connectivity index (χ1n) is 6.55. The lowest BCUT2D eigenvalue weighted by Crippen LogP contribution is -2.25. The second-order valence-corrected chi connectivity index (χ2v) is 5.69. The fourth-order valence-corrected chi connectivity index (χ4v) is 3.08. The maximum atomic E-state index is 12.2. The molecule has 6 nitrogen and oxygen atoms in total. The SMILES string of the molecule is Cn1ccc(CCNC(=O)c2sc3ncccc3c2N)n1. The van der Waals surface area contributed by atoms with Crippen LogP contribution in [0.4, 0.5) is 5.69 Å². The van der Waals surface area contributed by atoms with E-state index in [1.807, 2.05) is 31.4 Å². The molecule has 0 radical (unpaired) electrons. The Labute approximate surface area is 125 Å². The largest absolute Gasteiger partial charge is 0.397 e. The van der Waals surface area contributed by atoms with Crippen LogP contribution in [0.1, 0.15) is 15.4 Å². The van der Waals surface area contributed by atoms with Crippen LogP contribution in [0.15, 0.2) is 30.6 Å². The fraction of sp³-hybridized carbons (Fsp3) is 0.214. The minimum Gasteiger partial charge on any atom is -0.397 e. The second kappa shape index (κ2) is 5.53. The summed E-state index contributed by atoms with van der Waals surface area (Å²) in [5.41, 5.74) is 7.47. The summed E-state index contributed by atoms with van der Waals surface area (Å²) >= 11 is 1.31. The third-order valence-electron chi connectivity index (χ3n) is 3.15. The molecule has 3 rings (SSSR count). The van der Waals surface area contributed by atoms with Crippen molar-refractivity contribution in [3.05, 3.63) is 41.2 Å². The van der Waals surface area contributed by atoms with E-state index in [2.05, 4.69) is 15.4 Å². The lowest BCUT2D eigenvalue weighted by Gasteiger charge is -2.02. The third-order valence-corrected chi connectivity index (χ3v) is 4.27. The van der Waals surface area contributed by atoms with Gasteiger partial charge in [-0.2, -0.15) is 5.10 Å². The van der Waals surface area contributed by atoms with Gasteiger partial charge >= 0.3 is 0 Å². The van der Waals surface area contributed by atoms with Crippen molar-refractivity contribution in [2.24, 2.45) is 7.05 Å². The molecule has 3 aromatic rings. The summed E-state index contributed by atoms with van der Waals surface area (Å²) in [5.74, 6) is -0.161. The number of carbonyl (C=O) groups excluding carboxylic acids is 1. The minimum atomic E-state index is -0.161. The number of rotatable bonds is 4. The summed E-state index contributed by atoms with van der Waals surface area (Å²) in [5, 5.41) is 7.97. The van der Waals surface area contributed by atoms with E-state index in [1.54, 1.807) is 10.9 Å². The molecule has 0 fully saturated rings. The van der Waals surface area contributed by atoms with Crippen molar-refractivity contribution in [3.8, 4) is 0 Å². The number of amides is 1. The Morgan fingerprint density at radius 1 is 1.48 bits per heavy atom. The van der Waals surface area contributed by atoms with Crippen molar-refractivity contribution >= 4 is 33.1 Å². The van der Waals surface area contributed by atoms with E-state index in [9.17, 15) is 4.79 Å². The highest BCUT2D eigenvalue weighted by Crippen LogP contribution is 2.31. The van der Waals surface area contributed by atoms with Crippen molar-refractivity contribution in [1.29, 1.82) is 0 Å². The van der Waals surface area contributed by atoms with Crippen molar-refractivity contribution in [1.82, 2.24) is 20.1 Å². The van der Waals surface area contributed by atoms with Crippen LogP contribution in [0.3, 0.4) is 0 Å². The number of hydrogen-bond donors (Lipinski definition) is 2. The number of thiophene rings is 1. The number of fused-ring (bicyclic) bond motifs is 1. The summed E-state index contributed by atoms with van der Waals surface area (Å²) in [6, 6.07) is 5.62. The molecule has 3 heterocycles. The molecule has 108 valence electrons. The van der Waals surface area contributed by atoms with Gasteiger partial charge in [0.2, 0.25) is 0 Å². The van der Waals surface area contributed by atoms with Gasteiger partial charge in [-0.05, 0) is 18.2 Å². The summed E-state index contributed by atoms with van der Waals surface area (Å²) < 4.78 is 1.74. The molecule has 3 aromatic heterocycles. The van der Waals surface area contributed by atoms with Crippen LogP contribution < -0.4 is 11.1 Å². The molecule has 0 aromatic carbocycles.